The Kier molecular flexibility index (Phi) is 6.34. The first-order chi connectivity index (χ1) is 14.1. The first-order valence-corrected chi connectivity index (χ1v) is 9.59. The van der Waals surface area contributed by atoms with E-state index in [2.05, 4.69) is 0 Å². The standard InChI is InChI=1S/C22H23F3N2O3/c1-15-3-4-16(2)19(13-15)30-14-20(28)26-9-11-27(12-10-26)21(29)17-5-7-18(8-6-17)22(23,24)25/h3-8,13H,9-12,14H2,1-2H3. The topological polar surface area (TPSA) is 49.9 Å². The van der Waals surface area contributed by atoms with Gasteiger partial charge in [0.25, 0.3) is 11.8 Å². The van der Waals surface area contributed by atoms with Gasteiger partial charge in [-0.3, -0.25) is 9.59 Å². The van der Waals surface area contributed by atoms with Crippen LogP contribution in [0.25, 0.3) is 0 Å². The van der Waals surface area contributed by atoms with E-state index in [4.69, 9.17) is 4.74 Å². The van der Waals surface area contributed by atoms with Crippen LogP contribution in [0.1, 0.15) is 27.0 Å². The van der Waals surface area contributed by atoms with Crippen molar-refractivity contribution in [1.82, 2.24) is 9.80 Å². The van der Waals surface area contributed by atoms with Gasteiger partial charge in [-0.15, -0.1) is 0 Å². The van der Waals surface area contributed by atoms with Gasteiger partial charge in [0.05, 0.1) is 5.56 Å². The van der Waals surface area contributed by atoms with E-state index in [0.29, 0.717) is 31.9 Å². The molecule has 1 aliphatic heterocycles. The Hall–Kier alpha value is -3.03. The molecule has 160 valence electrons. The van der Waals surface area contributed by atoms with E-state index in [9.17, 15) is 22.8 Å². The minimum atomic E-state index is -4.44. The van der Waals surface area contributed by atoms with E-state index in [1.54, 1.807) is 4.90 Å². The summed E-state index contributed by atoms with van der Waals surface area (Å²) in [5.41, 5.74) is 1.39. The molecule has 2 aromatic carbocycles. The van der Waals surface area contributed by atoms with E-state index < -0.39 is 11.7 Å². The number of nitrogens with zero attached hydrogens (tertiary/aromatic N) is 2. The third-order valence-corrected chi connectivity index (χ3v) is 5.07. The molecule has 0 aliphatic carbocycles. The Balaban J connectivity index is 1.52. The molecule has 5 nitrogen and oxygen atoms in total. The third-order valence-electron chi connectivity index (χ3n) is 5.07. The maximum atomic E-state index is 12.7. The van der Waals surface area contributed by atoms with Crippen LogP contribution in [0, 0.1) is 13.8 Å². The highest BCUT2D eigenvalue weighted by Gasteiger charge is 2.31. The van der Waals surface area contributed by atoms with Gasteiger partial charge in [-0.2, -0.15) is 13.2 Å². The number of carbonyl (C=O) groups excluding carboxylic acids is 2. The Morgan fingerprint density at radius 1 is 0.933 bits per heavy atom. The van der Waals surface area contributed by atoms with Crippen LogP contribution in [0.15, 0.2) is 42.5 Å². The monoisotopic (exact) mass is 420 g/mol. The van der Waals surface area contributed by atoms with Crippen molar-refractivity contribution in [1.29, 1.82) is 0 Å². The number of hydrogen-bond acceptors (Lipinski definition) is 3. The second-order valence-corrected chi connectivity index (χ2v) is 7.31. The highest BCUT2D eigenvalue weighted by Crippen LogP contribution is 2.29. The normalized spacial score (nSPS) is 14.6. The molecule has 0 radical (unpaired) electrons. The zero-order chi connectivity index (χ0) is 21.9. The quantitative estimate of drug-likeness (QED) is 0.758. The van der Waals surface area contributed by atoms with Crippen LogP contribution in [0.4, 0.5) is 13.2 Å². The predicted molar refractivity (Wildman–Crippen MR) is 105 cm³/mol. The summed E-state index contributed by atoms with van der Waals surface area (Å²) in [6, 6.07) is 9.94. The molecule has 2 amide bonds. The van der Waals surface area contributed by atoms with Gasteiger partial charge in [-0.25, -0.2) is 0 Å². The Bertz CT molecular complexity index is 918. The molecular weight excluding hydrogens is 397 g/mol. The Morgan fingerprint density at radius 3 is 2.13 bits per heavy atom. The van der Waals surface area contributed by atoms with Crippen molar-refractivity contribution in [3.8, 4) is 5.75 Å². The van der Waals surface area contributed by atoms with Crippen molar-refractivity contribution in [2.75, 3.05) is 32.8 Å². The lowest BCUT2D eigenvalue weighted by atomic mass is 10.1. The van der Waals surface area contributed by atoms with Crippen LogP contribution in [0.2, 0.25) is 0 Å². The molecular formula is C22H23F3N2O3. The lowest BCUT2D eigenvalue weighted by Gasteiger charge is -2.34. The Labute approximate surface area is 173 Å². The molecule has 0 saturated carbocycles. The van der Waals surface area contributed by atoms with Gasteiger partial charge < -0.3 is 14.5 Å². The lowest BCUT2D eigenvalue weighted by Crippen LogP contribution is -2.51. The minimum Gasteiger partial charge on any atom is -0.483 e. The molecule has 30 heavy (non-hydrogen) atoms. The summed E-state index contributed by atoms with van der Waals surface area (Å²) in [6.45, 7) is 5.09. The summed E-state index contributed by atoms with van der Waals surface area (Å²) < 4.78 is 43.6. The van der Waals surface area contributed by atoms with Gasteiger partial charge in [-0.05, 0) is 55.3 Å². The average Bonchev–Trinajstić information content (AvgIpc) is 2.73. The fraction of sp³-hybridized carbons (Fsp3) is 0.364. The highest BCUT2D eigenvalue weighted by atomic mass is 19.4. The summed E-state index contributed by atoms with van der Waals surface area (Å²) in [7, 11) is 0. The molecule has 8 heteroatoms. The zero-order valence-corrected chi connectivity index (χ0v) is 16.8. The first-order valence-electron chi connectivity index (χ1n) is 9.59. The van der Waals surface area contributed by atoms with Crippen molar-refractivity contribution in [2.45, 2.75) is 20.0 Å². The number of carbonyl (C=O) groups is 2. The van der Waals surface area contributed by atoms with Crippen LogP contribution in [-0.2, 0) is 11.0 Å². The number of rotatable bonds is 4. The third kappa shape index (κ3) is 5.11. The molecule has 1 heterocycles. The number of benzene rings is 2. The molecule has 2 aromatic rings. The highest BCUT2D eigenvalue weighted by molar-refractivity contribution is 5.94. The average molecular weight is 420 g/mol. The zero-order valence-electron chi connectivity index (χ0n) is 16.8. The summed E-state index contributed by atoms with van der Waals surface area (Å²) >= 11 is 0. The number of alkyl halides is 3. The van der Waals surface area contributed by atoms with Crippen molar-refractivity contribution >= 4 is 11.8 Å². The van der Waals surface area contributed by atoms with E-state index in [1.165, 1.54) is 17.0 Å². The maximum absolute atomic E-state index is 12.7. The number of piperazine rings is 1. The van der Waals surface area contributed by atoms with Crippen LogP contribution in [0.5, 0.6) is 5.75 Å². The summed E-state index contributed by atoms with van der Waals surface area (Å²) in [5.74, 6) is 0.152. The smallest absolute Gasteiger partial charge is 0.416 e. The molecule has 0 aromatic heterocycles. The molecule has 1 aliphatic rings. The van der Waals surface area contributed by atoms with Gasteiger partial charge in [0.2, 0.25) is 0 Å². The summed E-state index contributed by atoms with van der Waals surface area (Å²) in [4.78, 5) is 28.1. The molecule has 0 atom stereocenters. The molecule has 1 fully saturated rings. The van der Waals surface area contributed by atoms with E-state index in [-0.39, 0.29) is 24.0 Å². The molecule has 0 bridgehead atoms. The molecule has 3 rings (SSSR count). The minimum absolute atomic E-state index is 0.0862. The number of ether oxygens (including phenoxy) is 1. The van der Waals surface area contributed by atoms with Crippen molar-refractivity contribution in [2.24, 2.45) is 0 Å². The Morgan fingerprint density at radius 2 is 1.53 bits per heavy atom. The number of hydrogen-bond donors (Lipinski definition) is 0. The summed E-state index contributed by atoms with van der Waals surface area (Å²) in [5, 5.41) is 0. The van der Waals surface area contributed by atoms with Gasteiger partial charge >= 0.3 is 6.18 Å². The number of aryl methyl sites for hydroxylation is 2. The molecule has 1 saturated heterocycles. The summed E-state index contributed by atoms with van der Waals surface area (Å²) in [6.07, 6.45) is -4.44. The predicted octanol–water partition coefficient (Wildman–Crippen LogP) is 3.69. The second kappa shape index (κ2) is 8.77. The number of amides is 2. The van der Waals surface area contributed by atoms with Crippen LogP contribution >= 0.6 is 0 Å². The lowest BCUT2D eigenvalue weighted by molar-refractivity contribution is -0.137. The number of halogens is 3. The fourth-order valence-corrected chi connectivity index (χ4v) is 3.24. The fourth-order valence-electron chi connectivity index (χ4n) is 3.24. The van der Waals surface area contributed by atoms with Crippen molar-refractivity contribution in [3.05, 3.63) is 64.7 Å². The molecule has 0 unspecified atom stereocenters. The van der Waals surface area contributed by atoms with E-state index in [0.717, 1.165) is 23.3 Å². The molecule has 0 spiro atoms. The van der Waals surface area contributed by atoms with Gasteiger partial charge in [-0.1, -0.05) is 12.1 Å². The van der Waals surface area contributed by atoms with E-state index in [1.807, 2.05) is 32.0 Å². The largest absolute Gasteiger partial charge is 0.483 e. The second-order valence-electron chi connectivity index (χ2n) is 7.31. The first kappa shape index (κ1) is 21.7. The van der Waals surface area contributed by atoms with Crippen LogP contribution in [-0.4, -0.2) is 54.4 Å². The van der Waals surface area contributed by atoms with Crippen molar-refractivity contribution in [3.63, 3.8) is 0 Å². The van der Waals surface area contributed by atoms with Crippen LogP contribution in [0.3, 0.4) is 0 Å². The maximum Gasteiger partial charge on any atom is 0.416 e. The van der Waals surface area contributed by atoms with Gasteiger partial charge in [0, 0.05) is 31.7 Å². The van der Waals surface area contributed by atoms with Gasteiger partial charge in [0.15, 0.2) is 6.61 Å². The van der Waals surface area contributed by atoms with Crippen molar-refractivity contribution < 1.29 is 27.5 Å². The van der Waals surface area contributed by atoms with Gasteiger partial charge in [0.1, 0.15) is 5.75 Å². The van der Waals surface area contributed by atoms with E-state index >= 15 is 0 Å². The molecule has 0 N–H and O–H groups in total. The SMILES string of the molecule is Cc1ccc(C)c(OCC(=O)N2CCN(C(=O)c3ccc(C(F)(F)F)cc3)CC2)c1. The van der Waals surface area contributed by atoms with Crippen LogP contribution < -0.4 is 4.74 Å².